The van der Waals surface area contributed by atoms with Crippen molar-refractivity contribution < 1.29 is 37.3 Å². The smallest absolute Gasteiger partial charge is 0.429 e. The number of aliphatic carboxylic acids is 1. The zero-order valence-corrected chi connectivity index (χ0v) is 27.8. The number of nitrogens with zero attached hydrogens (tertiary/aromatic N) is 5. The first-order chi connectivity index (χ1) is 23.8. The van der Waals surface area contributed by atoms with Gasteiger partial charge < -0.3 is 30.5 Å². The standard InChI is InChI=1S/C35H38F3N7O5/c1-4-27(46)24-8-6-22(16-28(24)49-3)21-5-7-23(26(15-21)45-12-9-20(2)43-45)31(35(36,37)38)50-30-17-29(41-33(39)42-30)44-13-10-34(11-14-44)18-25(32(47)48)40-19-34/h5-9,12,15-17,25,31,40H,4,10-11,13-14,18-19H2,1-3H3,(H,47,48)(H2,39,41,42)/t25-,31+/m0/s1. The molecule has 0 aliphatic carbocycles. The molecule has 2 aliphatic heterocycles. The number of alkyl halides is 3. The zero-order valence-electron chi connectivity index (χ0n) is 27.8. The molecule has 2 fully saturated rings. The quantitative estimate of drug-likeness (QED) is 0.179. The van der Waals surface area contributed by atoms with Crippen molar-refractivity contribution in [3.8, 4) is 28.4 Å². The first kappa shape index (κ1) is 34.7. The second-order valence-electron chi connectivity index (χ2n) is 12.8. The lowest BCUT2D eigenvalue weighted by molar-refractivity contribution is -0.198. The molecule has 12 nitrogen and oxygen atoms in total. The summed E-state index contributed by atoms with van der Waals surface area (Å²) in [5, 5.41) is 16.9. The Bertz CT molecular complexity index is 1910. The maximum atomic E-state index is 14.9. The largest absolute Gasteiger partial charge is 0.496 e. The van der Waals surface area contributed by atoms with Gasteiger partial charge in [-0.15, -0.1) is 0 Å². The van der Waals surface area contributed by atoms with E-state index < -0.39 is 24.3 Å². The van der Waals surface area contributed by atoms with E-state index in [-0.39, 0.29) is 40.7 Å². The van der Waals surface area contributed by atoms with Crippen molar-refractivity contribution in [1.82, 2.24) is 25.1 Å². The number of carboxylic acid groups (broad SMARTS) is 1. The Morgan fingerprint density at radius 1 is 1.10 bits per heavy atom. The number of carbonyl (C=O) groups is 2. The van der Waals surface area contributed by atoms with E-state index in [2.05, 4.69) is 20.4 Å². The van der Waals surface area contributed by atoms with Gasteiger partial charge in [-0.1, -0.05) is 25.1 Å². The van der Waals surface area contributed by atoms with Gasteiger partial charge >= 0.3 is 12.1 Å². The molecule has 50 heavy (non-hydrogen) atoms. The molecular formula is C35H38F3N7O5. The van der Waals surface area contributed by atoms with Crippen molar-refractivity contribution in [3.63, 3.8) is 0 Å². The highest BCUT2D eigenvalue weighted by Crippen LogP contribution is 2.43. The third-order valence-corrected chi connectivity index (χ3v) is 9.49. The molecule has 4 aromatic rings. The van der Waals surface area contributed by atoms with Gasteiger partial charge in [-0.05, 0) is 67.0 Å². The summed E-state index contributed by atoms with van der Waals surface area (Å²) in [6.07, 6.45) is -3.61. The summed E-state index contributed by atoms with van der Waals surface area (Å²) in [7, 11) is 1.45. The summed E-state index contributed by atoms with van der Waals surface area (Å²) in [6.45, 7) is 5.08. The molecular weight excluding hydrogens is 655 g/mol. The van der Waals surface area contributed by atoms with Crippen LogP contribution in [0.4, 0.5) is 24.9 Å². The lowest BCUT2D eigenvalue weighted by atomic mass is 9.76. The van der Waals surface area contributed by atoms with Gasteiger partial charge in [0.05, 0.1) is 24.1 Å². The number of anilines is 2. The third-order valence-electron chi connectivity index (χ3n) is 9.49. The number of Topliss-reactive ketones (excluding diaryl/α,β-unsaturated/α-hetero) is 1. The number of aryl methyl sites for hydroxylation is 1. The second-order valence-corrected chi connectivity index (χ2v) is 12.8. The summed E-state index contributed by atoms with van der Waals surface area (Å²) >= 11 is 0. The molecule has 4 N–H and O–H groups in total. The van der Waals surface area contributed by atoms with Crippen molar-refractivity contribution in [3.05, 3.63) is 71.5 Å². The highest BCUT2D eigenvalue weighted by Gasteiger charge is 2.46. The fraction of sp³-hybridized carbons (Fsp3) is 0.400. The average molecular weight is 694 g/mol. The Labute approximate surface area is 286 Å². The van der Waals surface area contributed by atoms with Crippen LogP contribution in [0.2, 0.25) is 0 Å². The number of hydrogen-bond donors (Lipinski definition) is 3. The van der Waals surface area contributed by atoms with Crippen molar-refractivity contribution in [2.45, 2.75) is 57.9 Å². The first-order valence-corrected chi connectivity index (χ1v) is 16.3. The van der Waals surface area contributed by atoms with Crippen LogP contribution < -0.4 is 25.4 Å². The van der Waals surface area contributed by atoms with Crippen molar-refractivity contribution in [2.24, 2.45) is 5.41 Å². The van der Waals surface area contributed by atoms with Crippen LogP contribution in [-0.4, -0.2) is 75.6 Å². The van der Waals surface area contributed by atoms with E-state index >= 15 is 0 Å². The minimum Gasteiger partial charge on any atom is -0.496 e. The number of aromatic nitrogens is 4. The minimum absolute atomic E-state index is 0.0978. The Morgan fingerprint density at radius 3 is 2.44 bits per heavy atom. The van der Waals surface area contributed by atoms with E-state index in [9.17, 15) is 27.9 Å². The Hall–Kier alpha value is -5.18. The lowest BCUT2D eigenvalue weighted by Crippen LogP contribution is -2.41. The molecule has 2 aliphatic rings. The number of rotatable bonds is 10. The van der Waals surface area contributed by atoms with Gasteiger partial charge in [-0.25, -0.2) is 4.68 Å². The molecule has 2 aromatic carbocycles. The van der Waals surface area contributed by atoms with Crippen molar-refractivity contribution >= 4 is 23.5 Å². The first-order valence-electron chi connectivity index (χ1n) is 16.3. The van der Waals surface area contributed by atoms with E-state index in [4.69, 9.17) is 15.2 Å². The molecule has 0 radical (unpaired) electrons. The minimum atomic E-state index is -4.88. The second kappa shape index (κ2) is 13.6. The molecule has 2 atom stereocenters. The molecule has 2 saturated heterocycles. The summed E-state index contributed by atoms with van der Waals surface area (Å²) in [4.78, 5) is 34.1. The predicted molar refractivity (Wildman–Crippen MR) is 179 cm³/mol. The zero-order chi connectivity index (χ0) is 35.8. The number of halogens is 3. The number of methoxy groups -OCH3 is 1. The Morgan fingerprint density at radius 2 is 1.82 bits per heavy atom. The molecule has 0 saturated carbocycles. The van der Waals surface area contributed by atoms with Gasteiger partial charge in [-0.3, -0.25) is 9.59 Å². The summed E-state index contributed by atoms with van der Waals surface area (Å²) < 4.78 is 57.3. The summed E-state index contributed by atoms with van der Waals surface area (Å²) in [5.74, 6) is -0.897. The molecule has 264 valence electrons. The molecule has 1 spiro atoms. The molecule has 0 amide bonds. The molecule has 0 unspecified atom stereocenters. The van der Waals surface area contributed by atoms with Crippen molar-refractivity contribution in [2.75, 3.05) is 37.4 Å². The number of carboxylic acids is 1. The lowest BCUT2D eigenvalue weighted by Gasteiger charge is -2.39. The van der Waals surface area contributed by atoms with Crippen molar-refractivity contribution in [1.29, 1.82) is 0 Å². The van der Waals surface area contributed by atoms with Crippen LogP contribution in [0.1, 0.15) is 60.3 Å². The van der Waals surface area contributed by atoms with E-state index in [0.717, 1.165) is 0 Å². The van der Waals surface area contributed by atoms with Crippen LogP contribution >= 0.6 is 0 Å². The molecule has 2 aromatic heterocycles. The predicted octanol–water partition coefficient (Wildman–Crippen LogP) is 5.54. The highest BCUT2D eigenvalue weighted by molar-refractivity contribution is 5.99. The maximum absolute atomic E-state index is 14.9. The van der Waals surface area contributed by atoms with E-state index in [1.165, 1.54) is 23.9 Å². The van der Waals surface area contributed by atoms with Crippen LogP contribution in [0.15, 0.2) is 54.7 Å². The molecule has 15 heteroatoms. The van der Waals surface area contributed by atoms with Gasteiger partial charge in [-0.2, -0.15) is 28.2 Å². The highest BCUT2D eigenvalue weighted by atomic mass is 19.4. The third kappa shape index (κ3) is 7.08. The number of nitrogens with two attached hydrogens (primary N) is 1. The fourth-order valence-corrected chi connectivity index (χ4v) is 6.75. The summed E-state index contributed by atoms with van der Waals surface area (Å²) in [5.41, 5.74) is 7.93. The van der Waals surface area contributed by atoms with Gasteiger partial charge in [0.1, 0.15) is 17.6 Å². The number of nitrogen functional groups attached to an aromatic ring is 1. The Kier molecular flexibility index (Phi) is 9.44. The van der Waals surface area contributed by atoms with Gasteiger partial charge in [0.15, 0.2) is 5.78 Å². The van der Waals surface area contributed by atoms with Crippen LogP contribution in [0.3, 0.4) is 0 Å². The number of benzene rings is 2. The SMILES string of the molecule is CCC(=O)c1ccc(-c2ccc([C@@H](Oc3cc(N4CCC5(CC4)CN[C@H](C(=O)O)C5)nc(N)n3)C(F)(F)F)c(-n3ccc(C)n3)c2)cc1OC. The van der Waals surface area contributed by atoms with Crippen LogP contribution in [0.25, 0.3) is 16.8 Å². The van der Waals surface area contributed by atoms with E-state index in [1.807, 2.05) is 4.90 Å². The number of piperidine rings is 1. The number of nitrogens with one attached hydrogen (secondary N) is 1. The number of ether oxygens (including phenoxy) is 2. The van der Waals surface area contributed by atoms with Gasteiger partial charge in [0.2, 0.25) is 17.9 Å². The maximum Gasteiger partial charge on any atom is 0.429 e. The normalized spacial score (nSPS) is 17.9. The van der Waals surface area contributed by atoms with Gasteiger partial charge in [0.25, 0.3) is 0 Å². The number of carbonyl (C=O) groups excluding carboxylic acids is 1. The summed E-state index contributed by atoms with van der Waals surface area (Å²) in [6, 6.07) is 11.9. The van der Waals surface area contributed by atoms with Crippen LogP contribution in [0, 0.1) is 12.3 Å². The van der Waals surface area contributed by atoms with Crippen LogP contribution in [0.5, 0.6) is 11.6 Å². The topological polar surface area (TPSA) is 158 Å². The molecule has 6 rings (SSSR count). The average Bonchev–Trinajstić information content (AvgIpc) is 3.72. The van der Waals surface area contributed by atoms with Gasteiger partial charge in [0, 0.05) is 43.9 Å². The van der Waals surface area contributed by atoms with E-state index in [1.54, 1.807) is 56.4 Å². The molecule has 4 heterocycles. The monoisotopic (exact) mass is 693 g/mol. The van der Waals surface area contributed by atoms with Crippen LogP contribution in [-0.2, 0) is 4.79 Å². The molecule has 0 bridgehead atoms. The number of ketones is 1. The number of hydrogen-bond acceptors (Lipinski definition) is 10. The Balaban J connectivity index is 1.32. The van der Waals surface area contributed by atoms with E-state index in [0.29, 0.717) is 72.8 Å². The fourth-order valence-electron chi connectivity index (χ4n) is 6.75.